The summed E-state index contributed by atoms with van der Waals surface area (Å²) in [5, 5.41) is 7.14. The Bertz CT molecular complexity index is 787. The second-order valence-corrected chi connectivity index (χ2v) is 4.42. The standard InChI is InChI=1S/C14H11F3N4/c1-18-13-8-12(14(15,16)17)20-21(13)11-6-2-5-10-9(11)4-3-7-19-10/h2-8,18H,1H3. The number of nitrogens with zero attached hydrogens (tertiary/aromatic N) is 3. The minimum absolute atomic E-state index is 0.263. The van der Waals surface area contributed by atoms with Gasteiger partial charge in [0.2, 0.25) is 0 Å². The Morgan fingerprint density at radius 3 is 2.67 bits per heavy atom. The number of fused-ring (bicyclic) bond motifs is 1. The topological polar surface area (TPSA) is 42.7 Å². The van der Waals surface area contributed by atoms with Crippen LogP contribution in [-0.4, -0.2) is 21.8 Å². The number of anilines is 1. The van der Waals surface area contributed by atoms with Gasteiger partial charge in [0, 0.05) is 24.7 Å². The number of halogens is 3. The molecule has 1 N–H and O–H groups in total. The van der Waals surface area contributed by atoms with Crippen molar-refractivity contribution in [2.24, 2.45) is 0 Å². The molecule has 0 radical (unpaired) electrons. The molecule has 0 bridgehead atoms. The normalized spacial score (nSPS) is 11.8. The zero-order valence-corrected chi connectivity index (χ0v) is 11.0. The molecule has 0 atom stereocenters. The van der Waals surface area contributed by atoms with Crippen LogP contribution in [0.1, 0.15) is 5.69 Å². The van der Waals surface area contributed by atoms with Gasteiger partial charge >= 0.3 is 6.18 Å². The number of rotatable bonds is 2. The molecule has 0 aliphatic rings. The molecule has 0 aliphatic carbocycles. The molecule has 21 heavy (non-hydrogen) atoms. The van der Waals surface area contributed by atoms with E-state index in [0.717, 1.165) is 11.5 Å². The van der Waals surface area contributed by atoms with Gasteiger partial charge in [0.1, 0.15) is 5.82 Å². The molecule has 0 spiro atoms. The third-order valence-corrected chi connectivity index (χ3v) is 3.11. The Balaban J connectivity index is 2.25. The minimum atomic E-state index is -4.49. The van der Waals surface area contributed by atoms with Crippen molar-refractivity contribution < 1.29 is 13.2 Å². The summed E-state index contributed by atoms with van der Waals surface area (Å²) in [6.07, 6.45) is -2.85. The van der Waals surface area contributed by atoms with E-state index in [1.165, 1.54) is 4.68 Å². The number of pyridine rings is 1. The molecule has 4 nitrogen and oxygen atoms in total. The third-order valence-electron chi connectivity index (χ3n) is 3.11. The molecule has 108 valence electrons. The molecular formula is C14H11F3N4. The Labute approximate surface area is 118 Å². The summed E-state index contributed by atoms with van der Waals surface area (Å²) in [5.74, 6) is 0.263. The summed E-state index contributed by atoms with van der Waals surface area (Å²) < 4.78 is 39.7. The fraction of sp³-hybridized carbons (Fsp3) is 0.143. The van der Waals surface area contributed by atoms with Crippen molar-refractivity contribution in [1.29, 1.82) is 0 Å². The highest BCUT2D eigenvalue weighted by molar-refractivity contribution is 5.87. The number of nitrogens with one attached hydrogen (secondary N) is 1. The summed E-state index contributed by atoms with van der Waals surface area (Å²) in [5.41, 5.74) is 0.300. The Morgan fingerprint density at radius 2 is 1.95 bits per heavy atom. The number of alkyl halides is 3. The first-order valence-electron chi connectivity index (χ1n) is 6.20. The Hall–Kier alpha value is -2.57. The van der Waals surface area contributed by atoms with Crippen molar-refractivity contribution in [3.63, 3.8) is 0 Å². The van der Waals surface area contributed by atoms with Gasteiger partial charge < -0.3 is 5.32 Å². The van der Waals surface area contributed by atoms with Gasteiger partial charge in [0.25, 0.3) is 0 Å². The van der Waals surface area contributed by atoms with Crippen molar-refractivity contribution in [3.05, 3.63) is 48.3 Å². The zero-order valence-electron chi connectivity index (χ0n) is 11.0. The molecule has 2 aromatic heterocycles. The van der Waals surface area contributed by atoms with Gasteiger partial charge in [0.05, 0.1) is 11.2 Å². The maximum Gasteiger partial charge on any atom is 0.435 e. The largest absolute Gasteiger partial charge is 0.435 e. The van der Waals surface area contributed by atoms with Crippen LogP contribution in [0.4, 0.5) is 19.0 Å². The lowest BCUT2D eigenvalue weighted by Gasteiger charge is -2.09. The summed E-state index contributed by atoms with van der Waals surface area (Å²) >= 11 is 0. The maximum atomic E-state index is 12.8. The van der Waals surface area contributed by atoms with Crippen LogP contribution in [0.15, 0.2) is 42.6 Å². The second-order valence-electron chi connectivity index (χ2n) is 4.42. The lowest BCUT2D eigenvalue weighted by Crippen LogP contribution is -2.08. The van der Waals surface area contributed by atoms with Crippen molar-refractivity contribution >= 4 is 16.7 Å². The van der Waals surface area contributed by atoms with E-state index in [4.69, 9.17) is 0 Å². The van der Waals surface area contributed by atoms with Gasteiger partial charge in [-0.1, -0.05) is 6.07 Å². The van der Waals surface area contributed by atoms with Gasteiger partial charge in [-0.3, -0.25) is 4.98 Å². The lowest BCUT2D eigenvalue weighted by molar-refractivity contribution is -0.141. The fourth-order valence-electron chi connectivity index (χ4n) is 2.15. The van der Waals surface area contributed by atoms with Crippen molar-refractivity contribution in [2.75, 3.05) is 12.4 Å². The SMILES string of the molecule is CNc1cc(C(F)(F)F)nn1-c1cccc2ncccc12. The van der Waals surface area contributed by atoms with E-state index in [9.17, 15) is 13.2 Å². The number of hydrogen-bond donors (Lipinski definition) is 1. The highest BCUT2D eigenvalue weighted by Gasteiger charge is 2.35. The second kappa shape index (κ2) is 4.76. The molecule has 0 amide bonds. The van der Waals surface area contributed by atoms with E-state index in [0.29, 0.717) is 11.2 Å². The lowest BCUT2D eigenvalue weighted by atomic mass is 10.2. The van der Waals surface area contributed by atoms with Crippen molar-refractivity contribution in [1.82, 2.24) is 14.8 Å². The molecule has 2 heterocycles. The van der Waals surface area contributed by atoms with Crippen LogP contribution in [-0.2, 0) is 6.18 Å². The van der Waals surface area contributed by atoms with Gasteiger partial charge in [-0.05, 0) is 24.3 Å². The highest BCUT2D eigenvalue weighted by Crippen LogP contribution is 2.32. The molecule has 0 fully saturated rings. The molecule has 0 saturated heterocycles. The van der Waals surface area contributed by atoms with Gasteiger partial charge in [-0.2, -0.15) is 18.3 Å². The first-order valence-corrected chi connectivity index (χ1v) is 6.20. The predicted octanol–water partition coefficient (Wildman–Crippen LogP) is 3.48. The van der Waals surface area contributed by atoms with E-state index in [-0.39, 0.29) is 5.82 Å². The molecule has 0 aliphatic heterocycles. The fourth-order valence-corrected chi connectivity index (χ4v) is 2.15. The Kier molecular flexibility index (Phi) is 3.04. The van der Waals surface area contributed by atoms with E-state index in [1.54, 1.807) is 43.6 Å². The highest BCUT2D eigenvalue weighted by atomic mass is 19.4. The van der Waals surface area contributed by atoms with Gasteiger partial charge in [-0.25, -0.2) is 4.68 Å². The summed E-state index contributed by atoms with van der Waals surface area (Å²) in [6.45, 7) is 0. The number of benzene rings is 1. The number of hydrogen-bond acceptors (Lipinski definition) is 3. The molecule has 0 unspecified atom stereocenters. The van der Waals surface area contributed by atoms with E-state index in [2.05, 4.69) is 15.4 Å². The number of aromatic nitrogens is 3. The average molecular weight is 292 g/mol. The minimum Gasteiger partial charge on any atom is -0.373 e. The maximum absolute atomic E-state index is 12.8. The van der Waals surface area contributed by atoms with Crippen molar-refractivity contribution in [2.45, 2.75) is 6.18 Å². The Morgan fingerprint density at radius 1 is 1.14 bits per heavy atom. The van der Waals surface area contributed by atoms with Crippen LogP contribution in [0.3, 0.4) is 0 Å². The van der Waals surface area contributed by atoms with Crippen LogP contribution >= 0.6 is 0 Å². The molecular weight excluding hydrogens is 281 g/mol. The molecule has 3 aromatic rings. The van der Waals surface area contributed by atoms with Gasteiger partial charge in [-0.15, -0.1) is 0 Å². The summed E-state index contributed by atoms with van der Waals surface area (Å²) in [4.78, 5) is 4.19. The van der Waals surface area contributed by atoms with Crippen molar-refractivity contribution in [3.8, 4) is 5.69 Å². The van der Waals surface area contributed by atoms with E-state index < -0.39 is 11.9 Å². The van der Waals surface area contributed by atoms with Crippen LogP contribution in [0.5, 0.6) is 0 Å². The first kappa shape index (κ1) is 13.4. The molecule has 1 aromatic carbocycles. The molecule has 3 rings (SSSR count). The summed E-state index contributed by atoms with van der Waals surface area (Å²) in [6, 6.07) is 9.75. The van der Waals surface area contributed by atoms with E-state index in [1.807, 2.05) is 0 Å². The first-order chi connectivity index (χ1) is 10.0. The van der Waals surface area contributed by atoms with Gasteiger partial charge in [0.15, 0.2) is 5.69 Å². The van der Waals surface area contributed by atoms with Crippen LogP contribution < -0.4 is 5.32 Å². The predicted molar refractivity (Wildman–Crippen MR) is 73.4 cm³/mol. The zero-order chi connectivity index (χ0) is 15.0. The molecule has 0 saturated carbocycles. The third kappa shape index (κ3) is 2.31. The smallest absolute Gasteiger partial charge is 0.373 e. The van der Waals surface area contributed by atoms with Crippen LogP contribution in [0.2, 0.25) is 0 Å². The average Bonchev–Trinajstić information content (AvgIpc) is 2.91. The van der Waals surface area contributed by atoms with E-state index >= 15 is 0 Å². The quantitative estimate of drug-likeness (QED) is 0.786. The van der Waals surface area contributed by atoms with Crippen LogP contribution in [0, 0.1) is 0 Å². The van der Waals surface area contributed by atoms with Crippen LogP contribution in [0.25, 0.3) is 16.6 Å². The monoisotopic (exact) mass is 292 g/mol. The molecule has 7 heteroatoms. The summed E-state index contributed by atoms with van der Waals surface area (Å²) in [7, 11) is 1.55.